The van der Waals surface area contributed by atoms with E-state index in [4.69, 9.17) is 5.11 Å². The molecule has 4 heteroatoms. The molecule has 0 aliphatic heterocycles. The van der Waals surface area contributed by atoms with E-state index in [0.29, 0.717) is 3.57 Å². The van der Waals surface area contributed by atoms with Gasteiger partial charge in [-0.05, 0) is 30.5 Å². The normalized spacial score (nSPS) is 10.3. The molecule has 0 fully saturated rings. The molecule has 0 atom stereocenters. The Morgan fingerprint density at radius 3 is 2.69 bits per heavy atom. The molecular formula is C12H15IO3. The number of carboxylic acids is 1. The largest absolute Gasteiger partial charge is 0.478 e. The Balaban J connectivity index is 2.82. The second-order valence-electron chi connectivity index (χ2n) is 3.65. The Labute approximate surface area is 106 Å². The van der Waals surface area contributed by atoms with Gasteiger partial charge in [0, 0.05) is 0 Å². The summed E-state index contributed by atoms with van der Waals surface area (Å²) in [4.78, 5) is 10.8. The van der Waals surface area contributed by atoms with E-state index < -0.39 is 27.2 Å². The Kier molecular flexibility index (Phi) is 5.59. The molecule has 0 aromatic heterocycles. The van der Waals surface area contributed by atoms with Gasteiger partial charge in [0.2, 0.25) is 0 Å². The average molecular weight is 334 g/mol. The maximum atomic E-state index is 11.0. The summed E-state index contributed by atoms with van der Waals surface area (Å²) in [6, 6.07) is 5.16. The fourth-order valence-corrected chi connectivity index (χ4v) is 2.71. The van der Waals surface area contributed by atoms with Crippen molar-refractivity contribution in [1.29, 1.82) is 0 Å². The van der Waals surface area contributed by atoms with Crippen LogP contribution < -0.4 is 0 Å². The lowest BCUT2D eigenvalue weighted by molar-refractivity contribution is 0.0695. The molecule has 0 heterocycles. The number of halogens is 1. The van der Waals surface area contributed by atoms with Gasteiger partial charge in [0.15, 0.2) is 21.2 Å². The molecular weight excluding hydrogens is 319 g/mol. The second-order valence-corrected chi connectivity index (χ2v) is 5.26. The van der Waals surface area contributed by atoms with Crippen LogP contribution in [0.15, 0.2) is 18.2 Å². The highest BCUT2D eigenvalue weighted by molar-refractivity contribution is 14.1. The van der Waals surface area contributed by atoms with Gasteiger partial charge in [0.1, 0.15) is 0 Å². The summed E-state index contributed by atoms with van der Waals surface area (Å²) in [5.41, 5.74) is 1.27. The Morgan fingerprint density at radius 1 is 1.38 bits per heavy atom. The van der Waals surface area contributed by atoms with Crippen LogP contribution in [0.5, 0.6) is 0 Å². The van der Waals surface area contributed by atoms with Crippen molar-refractivity contribution in [2.45, 2.75) is 32.6 Å². The molecule has 3 nitrogen and oxygen atoms in total. The number of carbonyl (C=O) groups is 1. The summed E-state index contributed by atoms with van der Waals surface area (Å²) in [7, 11) is 0. The van der Waals surface area contributed by atoms with Gasteiger partial charge in [-0.3, -0.25) is 3.07 Å². The fourth-order valence-electron chi connectivity index (χ4n) is 1.53. The average Bonchev–Trinajstić information content (AvgIpc) is 2.29. The third-order valence-electron chi connectivity index (χ3n) is 2.42. The van der Waals surface area contributed by atoms with Gasteiger partial charge in [0.05, 0.1) is 9.13 Å². The molecule has 0 saturated heterocycles. The quantitative estimate of drug-likeness (QED) is 0.639. The van der Waals surface area contributed by atoms with E-state index >= 15 is 0 Å². The van der Waals surface area contributed by atoms with E-state index in [2.05, 4.69) is 6.92 Å². The van der Waals surface area contributed by atoms with Crippen molar-refractivity contribution in [3.8, 4) is 0 Å². The zero-order valence-electron chi connectivity index (χ0n) is 9.20. The molecule has 0 amide bonds. The lowest BCUT2D eigenvalue weighted by Crippen LogP contribution is -2.00. The van der Waals surface area contributed by atoms with Crippen molar-refractivity contribution in [3.05, 3.63) is 32.9 Å². The highest BCUT2D eigenvalue weighted by Gasteiger charge is 2.10. The van der Waals surface area contributed by atoms with Crippen molar-refractivity contribution in [2.24, 2.45) is 0 Å². The monoisotopic (exact) mass is 334 g/mol. The minimum absolute atomic E-state index is 0.182. The summed E-state index contributed by atoms with van der Waals surface area (Å²) in [6.07, 6.45) is 4.36. The molecule has 88 valence electrons. The number of unbranched alkanes of at least 4 members (excludes halogenated alkanes) is 2. The molecule has 0 saturated carbocycles. The van der Waals surface area contributed by atoms with Crippen LogP contribution in [0.4, 0.5) is 0 Å². The predicted octanol–water partition coefficient (Wildman–Crippen LogP) is 3.60. The molecule has 0 aliphatic rings. The van der Waals surface area contributed by atoms with Crippen LogP contribution in [-0.4, -0.2) is 11.1 Å². The van der Waals surface area contributed by atoms with Gasteiger partial charge in [-0.2, -0.15) is 0 Å². The summed E-state index contributed by atoms with van der Waals surface area (Å²) < 4.78 is 11.5. The Hall–Kier alpha value is -0.780. The maximum absolute atomic E-state index is 11.0. The first-order valence-corrected chi connectivity index (χ1v) is 7.28. The number of aryl methyl sites for hydroxylation is 1. The van der Waals surface area contributed by atoms with Crippen molar-refractivity contribution in [2.75, 3.05) is 0 Å². The first-order chi connectivity index (χ1) is 7.69. The second kappa shape index (κ2) is 6.73. The van der Waals surface area contributed by atoms with Crippen LogP contribution in [0.2, 0.25) is 0 Å². The number of carboxylic acid groups (broad SMARTS) is 1. The highest BCUT2D eigenvalue weighted by Crippen LogP contribution is 2.19. The lowest BCUT2D eigenvalue weighted by atomic mass is 10.1. The van der Waals surface area contributed by atoms with Crippen molar-refractivity contribution >= 4 is 27.2 Å². The molecule has 0 aliphatic carbocycles. The van der Waals surface area contributed by atoms with Crippen LogP contribution in [0.3, 0.4) is 0 Å². The predicted molar refractivity (Wildman–Crippen MR) is 70.0 cm³/mol. The molecule has 0 spiro atoms. The summed E-state index contributed by atoms with van der Waals surface area (Å²) in [5, 5.41) is 8.88. The van der Waals surface area contributed by atoms with E-state index in [-0.39, 0.29) is 5.56 Å². The minimum Gasteiger partial charge on any atom is -0.478 e. The highest BCUT2D eigenvalue weighted by atomic mass is 127. The summed E-state index contributed by atoms with van der Waals surface area (Å²) in [6.45, 7) is 2.14. The molecule has 0 bridgehead atoms. The van der Waals surface area contributed by atoms with E-state index in [0.717, 1.165) is 24.8 Å². The van der Waals surface area contributed by atoms with E-state index in [9.17, 15) is 7.86 Å². The molecule has 1 aromatic carbocycles. The van der Waals surface area contributed by atoms with Crippen LogP contribution in [-0.2, 0) is 9.49 Å². The molecule has 1 N–H and O–H groups in total. The fraction of sp³-hybridized carbons (Fsp3) is 0.417. The number of aromatic carboxylic acids is 1. The van der Waals surface area contributed by atoms with E-state index in [1.807, 2.05) is 6.07 Å². The van der Waals surface area contributed by atoms with Crippen molar-refractivity contribution in [1.82, 2.24) is 0 Å². The first kappa shape index (κ1) is 13.3. The van der Waals surface area contributed by atoms with Gasteiger partial charge in [-0.15, -0.1) is 0 Å². The zero-order valence-corrected chi connectivity index (χ0v) is 11.4. The van der Waals surface area contributed by atoms with Crippen molar-refractivity contribution < 1.29 is 13.0 Å². The number of benzene rings is 1. The van der Waals surface area contributed by atoms with Crippen LogP contribution in [0.1, 0.15) is 42.1 Å². The lowest BCUT2D eigenvalue weighted by Gasteiger charge is -2.03. The third kappa shape index (κ3) is 3.66. The number of rotatable bonds is 6. The molecule has 0 radical (unpaired) electrons. The molecule has 0 unspecified atom stereocenters. The van der Waals surface area contributed by atoms with Gasteiger partial charge in [-0.1, -0.05) is 25.8 Å². The van der Waals surface area contributed by atoms with Gasteiger partial charge < -0.3 is 5.11 Å². The van der Waals surface area contributed by atoms with Gasteiger partial charge >= 0.3 is 5.97 Å². The topological polar surface area (TPSA) is 54.4 Å². The smallest absolute Gasteiger partial charge is 0.336 e. The van der Waals surface area contributed by atoms with Gasteiger partial charge in [-0.25, -0.2) is 4.79 Å². The summed E-state index contributed by atoms with van der Waals surface area (Å²) >= 11 is -1.41. The summed E-state index contributed by atoms with van der Waals surface area (Å²) in [5.74, 6) is -0.995. The minimum atomic E-state index is -1.41. The van der Waals surface area contributed by atoms with Crippen LogP contribution in [0, 0.1) is 3.57 Å². The first-order valence-electron chi connectivity index (χ1n) is 5.32. The zero-order chi connectivity index (χ0) is 12.0. The SMILES string of the molecule is CCCCCc1ccc(C(=O)O)c(I=O)c1. The van der Waals surface area contributed by atoms with Gasteiger partial charge in [0.25, 0.3) is 0 Å². The Morgan fingerprint density at radius 2 is 2.12 bits per heavy atom. The maximum Gasteiger partial charge on any atom is 0.336 e. The molecule has 1 rings (SSSR count). The van der Waals surface area contributed by atoms with E-state index in [1.165, 1.54) is 6.42 Å². The standard InChI is InChI=1S/C12H15IO3/c1-2-3-4-5-9-6-7-10(12(14)15)11(8-9)13-16/h6-8H,2-5H2,1H3,(H,14,15). The Bertz CT molecular complexity index is 388. The van der Waals surface area contributed by atoms with Crippen LogP contribution in [0.25, 0.3) is 0 Å². The number of hydrogen-bond acceptors (Lipinski definition) is 2. The molecule has 1 aromatic rings. The van der Waals surface area contributed by atoms with E-state index in [1.54, 1.807) is 12.1 Å². The molecule has 16 heavy (non-hydrogen) atoms. The third-order valence-corrected chi connectivity index (χ3v) is 3.78. The number of hydrogen-bond donors (Lipinski definition) is 1. The van der Waals surface area contributed by atoms with Crippen molar-refractivity contribution in [3.63, 3.8) is 0 Å². The van der Waals surface area contributed by atoms with Crippen LogP contribution >= 0.6 is 21.2 Å².